The van der Waals surface area contributed by atoms with E-state index < -0.39 is 0 Å². The van der Waals surface area contributed by atoms with Gasteiger partial charge in [-0.05, 0) is 69.2 Å². The van der Waals surface area contributed by atoms with Crippen LogP contribution in [0.4, 0.5) is 0 Å². The Morgan fingerprint density at radius 1 is 1.18 bits per heavy atom. The third kappa shape index (κ3) is 3.55. The van der Waals surface area contributed by atoms with Gasteiger partial charge < -0.3 is 14.2 Å². The van der Waals surface area contributed by atoms with Crippen LogP contribution in [0.5, 0.6) is 0 Å². The molecule has 1 aliphatic heterocycles. The van der Waals surface area contributed by atoms with Crippen molar-refractivity contribution in [1.29, 1.82) is 0 Å². The van der Waals surface area contributed by atoms with E-state index in [-0.39, 0.29) is 24.0 Å². The number of carbonyl (C=O) groups excluding carboxylic acids is 2. The molecule has 1 saturated heterocycles. The fourth-order valence-corrected chi connectivity index (χ4v) is 4.28. The maximum Gasteiger partial charge on any atom is 0.356 e. The highest BCUT2D eigenvalue weighted by molar-refractivity contribution is 5.94. The lowest BCUT2D eigenvalue weighted by atomic mass is 9.86. The number of imidazole rings is 1. The molecule has 0 N–H and O–H groups in total. The standard InChI is InChI=1S/C22H27N3O3/c1-15(2)28-22(27)20-13-23-14-25(20)19-7-5-6-16-8-9-17(12-18(16)19)21(26)24-10-3-4-11-24/h8-9,12-15,19H,3-7,10-11H2,1-2H3/t19-/m0/s1. The van der Waals surface area contributed by atoms with E-state index in [1.54, 1.807) is 12.5 Å². The summed E-state index contributed by atoms with van der Waals surface area (Å²) in [6.07, 6.45) is 8.18. The number of ether oxygens (including phenoxy) is 1. The van der Waals surface area contributed by atoms with E-state index >= 15 is 0 Å². The molecule has 1 atom stereocenters. The van der Waals surface area contributed by atoms with E-state index in [9.17, 15) is 9.59 Å². The number of nitrogens with zero attached hydrogens (tertiary/aromatic N) is 3. The number of rotatable bonds is 4. The van der Waals surface area contributed by atoms with Crippen LogP contribution in [0.2, 0.25) is 0 Å². The first-order valence-corrected chi connectivity index (χ1v) is 10.2. The monoisotopic (exact) mass is 381 g/mol. The van der Waals surface area contributed by atoms with Gasteiger partial charge in [-0.25, -0.2) is 9.78 Å². The largest absolute Gasteiger partial charge is 0.458 e. The van der Waals surface area contributed by atoms with Crippen molar-refractivity contribution >= 4 is 11.9 Å². The van der Waals surface area contributed by atoms with Gasteiger partial charge in [-0.15, -0.1) is 0 Å². The highest BCUT2D eigenvalue weighted by Gasteiger charge is 2.28. The molecule has 2 aliphatic rings. The van der Waals surface area contributed by atoms with Gasteiger partial charge in [0, 0.05) is 18.7 Å². The molecule has 0 unspecified atom stereocenters. The lowest BCUT2D eigenvalue weighted by Gasteiger charge is -2.28. The van der Waals surface area contributed by atoms with Gasteiger partial charge in [0.2, 0.25) is 0 Å². The van der Waals surface area contributed by atoms with Crippen LogP contribution in [0, 0.1) is 0 Å². The number of aromatic nitrogens is 2. The van der Waals surface area contributed by atoms with Crippen LogP contribution >= 0.6 is 0 Å². The molecular weight excluding hydrogens is 354 g/mol. The molecule has 6 heteroatoms. The molecular formula is C22H27N3O3. The quantitative estimate of drug-likeness (QED) is 0.759. The lowest BCUT2D eigenvalue weighted by molar-refractivity contribution is 0.0363. The first kappa shape index (κ1) is 18.7. The van der Waals surface area contributed by atoms with Gasteiger partial charge in [0.05, 0.1) is 24.7 Å². The Morgan fingerprint density at radius 2 is 1.96 bits per heavy atom. The second-order valence-electron chi connectivity index (χ2n) is 7.96. The SMILES string of the molecule is CC(C)OC(=O)c1cncn1[C@H]1CCCc2ccc(C(=O)N3CCCC3)cc21. The van der Waals surface area contributed by atoms with Crippen molar-refractivity contribution in [2.75, 3.05) is 13.1 Å². The minimum absolute atomic E-state index is 0.00714. The van der Waals surface area contributed by atoms with Crippen LogP contribution in [0.25, 0.3) is 0 Å². The van der Waals surface area contributed by atoms with Gasteiger partial charge in [-0.2, -0.15) is 0 Å². The molecule has 4 rings (SSSR count). The van der Waals surface area contributed by atoms with Crippen LogP contribution < -0.4 is 0 Å². The van der Waals surface area contributed by atoms with Crippen molar-refractivity contribution < 1.29 is 14.3 Å². The number of hydrogen-bond donors (Lipinski definition) is 0. The number of amides is 1. The number of fused-ring (bicyclic) bond motifs is 1. The van der Waals surface area contributed by atoms with Gasteiger partial charge in [0.1, 0.15) is 5.69 Å². The summed E-state index contributed by atoms with van der Waals surface area (Å²) in [5.41, 5.74) is 3.56. The summed E-state index contributed by atoms with van der Waals surface area (Å²) in [6, 6.07) is 6.04. The van der Waals surface area contributed by atoms with E-state index in [4.69, 9.17) is 4.74 Å². The number of aryl methyl sites for hydroxylation is 1. The average Bonchev–Trinajstić information content (AvgIpc) is 3.38. The van der Waals surface area contributed by atoms with E-state index in [0.717, 1.165) is 56.3 Å². The Kier molecular flexibility index (Phi) is 5.20. The minimum atomic E-state index is -0.357. The van der Waals surface area contributed by atoms with Crippen LogP contribution in [0.15, 0.2) is 30.7 Å². The molecule has 148 valence electrons. The lowest BCUT2D eigenvalue weighted by Crippen LogP contribution is -2.28. The molecule has 1 aliphatic carbocycles. The zero-order valence-corrected chi connectivity index (χ0v) is 16.6. The van der Waals surface area contributed by atoms with Crippen LogP contribution in [0.3, 0.4) is 0 Å². The second kappa shape index (κ2) is 7.78. The van der Waals surface area contributed by atoms with Crippen molar-refractivity contribution in [3.8, 4) is 0 Å². The minimum Gasteiger partial charge on any atom is -0.458 e. The van der Waals surface area contributed by atoms with E-state index in [2.05, 4.69) is 11.1 Å². The molecule has 0 spiro atoms. The van der Waals surface area contributed by atoms with E-state index in [0.29, 0.717) is 5.69 Å². The van der Waals surface area contributed by atoms with Crippen molar-refractivity contribution in [3.05, 3.63) is 53.1 Å². The van der Waals surface area contributed by atoms with Crippen LogP contribution in [-0.4, -0.2) is 45.5 Å². The molecule has 6 nitrogen and oxygen atoms in total. The summed E-state index contributed by atoms with van der Waals surface area (Å²) in [5.74, 6) is -0.251. The Morgan fingerprint density at radius 3 is 2.71 bits per heavy atom. The topological polar surface area (TPSA) is 64.4 Å². The van der Waals surface area contributed by atoms with Crippen LogP contribution in [-0.2, 0) is 11.2 Å². The molecule has 1 fully saturated rings. The summed E-state index contributed by atoms with van der Waals surface area (Å²) < 4.78 is 7.29. The van der Waals surface area contributed by atoms with Gasteiger partial charge >= 0.3 is 5.97 Å². The summed E-state index contributed by atoms with van der Waals surface area (Å²) >= 11 is 0. The Hall–Kier alpha value is -2.63. The Bertz CT molecular complexity index is 881. The number of esters is 1. The Labute approximate surface area is 165 Å². The molecule has 1 aromatic heterocycles. The van der Waals surface area contributed by atoms with Crippen LogP contribution in [0.1, 0.15) is 77.5 Å². The molecule has 0 radical (unpaired) electrons. The van der Waals surface area contributed by atoms with E-state index in [1.807, 2.05) is 35.4 Å². The molecule has 2 aromatic rings. The van der Waals surface area contributed by atoms with Gasteiger partial charge in [-0.1, -0.05) is 6.07 Å². The predicted molar refractivity (Wildman–Crippen MR) is 105 cm³/mol. The third-order valence-electron chi connectivity index (χ3n) is 5.62. The second-order valence-corrected chi connectivity index (χ2v) is 7.96. The molecule has 1 aromatic carbocycles. The highest BCUT2D eigenvalue weighted by atomic mass is 16.5. The molecule has 0 saturated carbocycles. The number of hydrogen-bond acceptors (Lipinski definition) is 4. The average molecular weight is 381 g/mol. The fraction of sp³-hybridized carbons (Fsp3) is 0.500. The first-order chi connectivity index (χ1) is 13.5. The summed E-state index contributed by atoms with van der Waals surface area (Å²) in [5, 5.41) is 0. The van der Waals surface area contributed by atoms with Gasteiger partial charge in [0.25, 0.3) is 5.91 Å². The van der Waals surface area contributed by atoms with E-state index in [1.165, 1.54) is 5.56 Å². The highest BCUT2D eigenvalue weighted by Crippen LogP contribution is 2.35. The van der Waals surface area contributed by atoms with Crippen molar-refractivity contribution in [3.63, 3.8) is 0 Å². The maximum absolute atomic E-state index is 12.9. The molecule has 0 bridgehead atoms. The normalized spacial score (nSPS) is 19.0. The van der Waals surface area contributed by atoms with Gasteiger partial charge in [-0.3, -0.25) is 4.79 Å². The number of benzene rings is 1. The molecule has 28 heavy (non-hydrogen) atoms. The fourth-order valence-electron chi connectivity index (χ4n) is 4.28. The zero-order valence-electron chi connectivity index (χ0n) is 16.6. The smallest absolute Gasteiger partial charge is 0.356 e. The summed E-state index contributed by atoms with van der Waals surface area (Å²) in [6.45, 7) is 5.35. The first-order valence-electron chi connectivity index (χ1n) is 10.2. The third-order valence-corrected chi connectivity index (χ3v) is 5.62. The van der Waals surface area contributed by atoms with Gasteiger partial charge in [0.15, 0.2) is 0 Å². The van der Waals surface area contributed by atoms with Crippen molar-refractivity contribution in [2.24, 2.45) is 0 Å². The number of likely N-dealkylation sites (tertiary alicyclic amines) is 1. The Balaban J connectivity index is 1.67. The van der Waals surface area contributed by atoms with Crippen molar-refractivity contribution in [1.82, 2.24) is 14.5 Å². The zero-order chi connectivity index (χ0) is 19.7. The summed E-state index contributed by atoms with van der Waals surface area (Å²) in [7, 11) is 0. The summed E-state index contributed by atoms with van der Waals surface area (Å²) in [4.78, 5) is 31.5. The van der Waals surface area contributed by atoms with Crippen molar-refractivity contribution in [2.45, 2.75) is 58.1 Å². The maximum atomic E-state index is 12.9. The molecule has 2 heterocycles. The molecule has 1 amide bonds. The number of carbonyl (C=O) groups is 2. The predicted octanol–water partition coefficient (Wildman–Crippen LogP) is 3.61.